The molecule has 0 spiro atoms. The Kier molecular flexibility index (Phi) is 5.31. The lowest BCUT2D eigenvalue weighted by Gasteiger charge is -2.37. The van der Waals surface area contributed by atoms with Gasteiger partial charge >= 0.3 is 0 Å². The van der Waals surface area contributed by atoms with E-state index in [0.29, 0.717) is 24.7 Å². The molecule has 1 aromatic rings. The van der Waals surface area contributed by atoms with Crippen LogP contribution in [-0.2, 0) is 9.47 Å². The fourth-order valence-corrected chi connectivity index (χ4v) is 2.82. The molecule has 0 aliphatic carbocycles. The summed E-state index contributed by atoms with van der Waals surface area (Å²) >= 11 is 0. The molecule has 4 heteroatoms. The number of hydrogen-bond donors (Lipinski definition) is 0. The Morgan fingerprint density at radius 1 is 1.37 bits per heavy atom. The van der Waals surface area contributed by atoms with E-state index in [-0.39, 0.29) is 0 Å². The highest BCUT2D eigenvalue weighted by Gasteiger charge is 2.29. The summed E-state index contributed by atoms with van der Waals surface area (Å²) in [6, 6.07) is 4.44. The molecular weight excluding hydrogens is 240 g/mol. The molecule has 0 bridgehead atoms. The van der Waals surface area contributed by atoms with E-state index in [9.17, 15) is 0 Å². The van der Waals surface area contributed by atoms with Crippen LogP contribution in [0.3, 0.4) is 0 Å². The van der Waals surface area contributed by atoms with Gasteiger partial charge in [0.2, 0.25) is 0 Å². The van der Waals surface area contributed by atoms with Crippen molar-refractivity contribution in [2.45, 2.75) is 19.9 Å². The zero-order valence-corrected chi connectivity index (χ0v) is 12.1. The maximum atomic E-state index is 5.47. The highest BCUT2D eigenvalue weighted by atomic mass is 16.7. The summed E-state index contributed by atoms with van der Waals surface area (Å²) in [5.41, 5.74) is 1.24. The summed E-state index contributed by atoms with van der Waals surface area (Å²) in [6.45, 7) is 7.46. The summed E-state index contributed by atoms with van der Waals surface area (Å²) in [6.07, 6.45) is 3.77. The molecular formula is C15H24N2O2. The number of aromatic nitrogens is 1. The van der Waals surface area contributed by atoms with Crippen molar-refractivity contribution in [2.24, 2.45) is 11.8 Å². The van der Waals surface area contributed by atoms with Crippen LogP contribution in [0.15, 0.2) is 24.5 Å². The van der Waals surface area contributed by atoms with Crippen molar-refractivity contribution >= 4 is 0 Å². The highest BCUT2D eigenvalue weighted by molar-refractivity contribution is 5.15. The van der Waals surface area contributed by atoms with E-state index in [1.807, 2.05) is 18.5 Å². The second kappa shape index (κ2) is 6.98. The quantitative estimate of drug-likeness (QED) is 0.817. The standard InChI is InChI=1S/C15H24N2O2/c1-12(2)8-17(3)15(13-5-4-6-16-7-13)14-9-18-11-19-10-14/h4-7,12,14-15H,8-11H2,1-3H3. The van der Waals surface area contributed by atoms with E-state index in [1.54, 1.807) is 0 Å². The fourth-order valence-electron chi connectivity index (χ4n) is 2.82. The zero-order valence-electron chi connectivity index (χ0n) is 12.1. The topological polar surface area (TPSA) is 34.6 Å². The van der Waals surface area contributed by atoms with Gasteiger partial charge in [-0.2, -0.15) is 0 Å². The number of hydrogen-bond acceptors (Lipinski definition) is 4. The van der Waals surface area contributed by atoms with E-state index in [1.165, 1.54) is 5.56 Å². The van der Waals surface area contributed by atoms with E-state index in [4.69, 9.17) is 9.47 Å². The van der Waals surface area contributed by atoms with Crippen LogP contribution >= 0.6 is 0 Å². The second-order valence-electron chi connectivity index (χ2n) is 5.68. The third kappa shape index (κ3) is 4.00. The minimum atomic E-state index is 0.302. The van der Waals surface area contributed by atoms with Crippen LogP contribution in [0, 0.1) is 11.8 Å². The lowest BCUT2D eigenvalue weighted by molar-refractivity contribution is -0.141. The monoisotopic (exact) mass is 264 g/mol. The van der Waals surface area contributed by atoms with Crippen LogP contribution in [0.2, 0.25) is 0 Å². The number of rotatable bonds is 5. The van der Waals surface area contributed by atoms with Crippen molar-refractivity contribution in [3.05, 3.63) is 30.1 Å². The Balaban J connectivity index is 2.17. The first kappa shape index (κ1) is 14.4. The van der Waals surface area contributed by atoms with Crippen LogP contribution in [0.4, 0.5) is 0 Å². The third-order valence-corrected chi connectivity index (χ3v) is 3.43. The second-order valence-corrected chi connectivity index (χ2v) is 5.68. The molecule has 1 saturated heterocycles. The molecule has 1 aliphatic heterocycles. The van der Waals surface area contributed by atoms with E-state index >= 15 is 0 Å². The van der Waals surface area contributed by atoms with Gasteiger partial charge in [0.15, 0.2) is 0 Å². The molecule has 4 nitrogen and oxygen atoms in total. The molecule has 1 aliphatic rings. The van der Waals surface area contributed by atoms with E-state index in [0.717, 1.165) is 19.8 Å². The van der Waals surface area contributed by atoms with Crippen LogP contribution in [0.25, 0.3) is 0 Å². The van der Waals surface area contributed by atoms with Crippen LogP contribution in [0.5, 0.6) is 0 Å². The molecule has 1 fully saturated rings. The first-order valence-corrected chi connectivity index (χ1v) is 6.94. The highest BCUT2D eigenvalue weighted by Crippen LogP contribution is 2.30. The summed E-state index contributed by atoms with van der Waals surface area (Å²) in [5.74, 6) is 0.997. The number of pyridine rings is 1. The van der Waals surface area contributed by atoms with Gasteiger partial charge in [0.25, 0.3) is 0 Å². The Hall–Kier alpha value is -0.970. The van der Waals surface area contributed by atoms with Crippen molar-refractivity contribution in [2.75, 3.05) is 33.6 Å². The van der Waals surface area contributed by atoms with Crippen LogP contribution in [0.1, 0.15) is 25.5 Å². The average Bonchev–Trinajstić information content (AvgIpc) is 2.40. The zero-order chi connectivity index (χ0) is 13.7. The van der Waals surface area contributed by atoms with Gasteiger partial charge in [-0.15, -0.1) is 0 Å². The van der Waals surface area contributed by atoms with Gasteiger partial charge in [-0.05, 0) is 24.6 Å². The van der Waals surface area contributed by atoms with Crippen LogP contribution < -0.4 is 0 Å². The lowest BCUT2D eigenvalue weighted by Crippen LogP contribution is -2.39. The minimum absolute atomic E-state index is 0.302. The molecule has 0 aromatic carbocycles. The third-order valence-electron chi connectivity index (χ3n) is 3.43. The maximum Gasteiger partial charge on any atom is 0.146 e. The smallest absolute Gasteiger partial charge is 0.146 e. The Labute approximate surface area is 115 Å². The van der Waals surface area contributed by atoms with Crippen molar-refractivity contribution in [3.63, 3.8) is 0 Å². The first-order chi connectivity index (χ1) is 9.18. The van der Waals surface area contributed by atoms with Crippen molar-refractivity contribution in [1.29, 1.82) is 0 Å². The van der Waals surface area contributed by atoms with E-state index < -0.39 is 0 Å². The Morgan fingerprint density at radius 3 is 2.68 bits per heavy atom. The fraction of sp³-hybridized carbons (Fsp3) is 0.667. The molecule has 0 amide bonds. The summed E-state index contributed by atoms with van der Waals surface area (Å²) < 4.78 is 10.9. The predicted molar refractivity (Wildman–Crippen MR) is 74.7 cm³/mol. The van der Waals surface area contributed by atoms with Crippen molar-refractivity contribution in [3.8, 4) is 0 Å². The Bertz CT molecular complexity index is 364. The Morgan fingerprint density at radius 2 is 2.11 bits per heavy atom. The van der Waals surface area contributed by atoms with Gasteiger partial charge in [-0.3, -0.25) is 9.88 Å². The van der Waals surface area contributed by atoms with E-state index in [2.05, 4.69) is 36.8 Å². The first-order valence-electron chi connectivity index (χ1n) is 6.94. The molecule has 1 unspecified atom stereocenters. The van der Waals surface area contributed by atoms with Crippen molar-refractivity contribution in [1.82, 2.24) is 9.88 Å². The largest absolute Gasteiger partial charge is 0.355 e. The number of nitrogens with zero attached hydrogens (tertiary/aromatic N) is 2. The molecule has 0 radical (unpaired) electrons. The summed E-state index contributed by atoms with van der Waals surface area (Å²) in [5, 5.41) is 0. The van der Waals surface area contributed by atoms with Gasteiger partial charge in [0.05, 0.1) is 13.2 Å². The summed E-state index contributed by atoms with van der Waals surface area (Å²) in [7, 11) is 2.17. The lowest BCUT2D eigenvalue weighted by atomic mass is 9.93. The molecule has 2 rings (SSSR count). The molecule has 0 N–H and O–H groups in total. The van der Waals surface area contributed by atoms with Gasteiger partial charge < -0.3 is 9.47 Å². The SMILES string of the molecule is CC(C)CN(C)C(c1cccnc1)C1COCOC1. The van der Waals surface area contributed by atoms with Crippen molar-refractivity contribution < 1.29 is 9.47 Å². The molecule has 106 valence electrons. The normalized spacial score (nSPS) is 19.0. The number of ether oxygens (including phenoxy) is 2. The molecule has 1 aromatic heterocycles. The molecule has 19 heavy (non-hydrogen) atoms. The maximum absolute atomic E-state index is 5.47. The van der Waals surface area contributed by atoms with Gasteiger partial charge in [0.1, 0.15) is 6.79 Å². The molecule has 1 atom stereocenters. The van der Waals surface area contributed by atoms with Gasteiger partial charge in [-0.25, -0.2) is 0 Å². The average molecular weight is 264 g/mol. The summed E-state index contributed by atoms with van der Waals surface area (Å²) in [4.78, 5) is 6.65. The molecule has 0 saturated carbocycles. The predicted octanol–water partition coefficient (Wildman–Crippen LogP) is 2.33. The minimum Gasteiger partial charge on any atom is -0.355 e. The van der Waals surface area contributed by atoms with Gasteiger partial charge in [-0.1, -0.05) is 19.9 Å². The van der Waals surface area contributed by atoms with Gasteiger partial charge in [0, 0.05) is 30.9 Å². The molecule has 2 heterocycles. The van der Waals surface area contributed by atoms with Crippen LogP contribution in [-0.4, -0.2) is 43.5 Å².